The highest BCUT2D eigenvalue weighted by atomic mass is 19.4. The summed E-state index contributed by atoms with van der Waals surface area (Å²) in [5, 5.41) is 0. The molecule has 1 aromatic rings. The minimum Gasteiger partial charge on any atom is -0.448 e. The van der Waals surface area contributed by atoms with Crippen molar-refractivity contribution in [2.75, 3.05) is 18.6 Å². The van der Waals surface area contributed by atoms with Gasteiger partial charge >= 0.3 is 12.3 Å². The number of carbonyl (C=O) groups is 1. The second-order valence-electron chi connectivity index (χ2n) is 2.68. The maximum Gasteiger partial charge on any atom is 0.422 e. The summed E-state index contributed by atoms with van der Waals surface area (Å²) in [5.41, 5.74) is 0. The minimum atomic E-state index is -4.53. The summed E-state index contributed by atoms with van der Waals surface area (Å²) >= 11 is 0. The number of nitrogens with zero attached hydrogens (tertiary/aromatic N) is 1. The fraction of sp³-hybridized carbons (Fsp3) is 0.375. The Morgan fingerprint density at radius 1 is 1.60 bits per heavy atom. The Labute approximate surface area is 83.2 Å². The van der Waals surface area contributed by atoms with Crippen LogP contribution in [0.15, 0.2) is 22.8 Å². The van der Waals surface area contributed by atoms with Gasteiger partial charge in [-0.1, -0.05) is 0 Å². The van der Waals surface area contributed by atoms with Crippen LogP contribution in [0.4, 0.5) is 23.8 Å². The van der Waals surface area contributed by atoms with Gasteiger partial charge in [-0.2, -0.15) is 13.2 Å². The summed E-state index contributed by atoms with van der Waals surface area (Å²) in [7, 11) is 1.25. The number of rotatable bonds is 2. The predicted octanol–water partition coefficient (Wildman–Crippen LogP) is 2.41. The molecular weight excluding hydrogens is 215 g/mol. The van der Waals surface area contributed by atoms with Gasteiger partial charge in [0.2, 0.25) is 5.88 Å². The summed E-state index contributed by atoms with van der Waals surface area (Å²) < 4.78 is 43.9. The van der Waals surface area contributed by atoms with E-state index in [1.165, 1.54) is 25.4 Å². The summed E-state index contributed by atoms with van der Waals surface area (Å²) in [6, 6.07) is 2.93. The molecule has 4 nitrogen and oxygen atoms in total. The number of carbonyl (C=O) groups excluding carboxylic acids is 1. The fourth-order valence-electron chi connectivity index (χ4n) is 0.791. The third kappa shape index (κ3) is 3.53. The molecule has 1 heterocycles. The monoisotopic (exact) mass is 223 g/mol. The zero-order valence-electron chi connectivity index (χ0n) is 7.75. The van der Waals surface area contributed by atoms with E-state index in [2.05, 4.69) is 4.74 Å². The standard InChI is InChI=1S/C8H8F3NO3/c1-12(6-3-2-4-14-6)7(13)15-5-8(9,10)11/h2-4H,5H2,1H3. The molecule has 84 valence electrons. The number of ether oxygens (including phenoxy) is 1. The minimum absolute atomic E-state index is 0.113. The Kier molecular flexibility index (Phi) is 3.23. The van der Waals surface area contributed by atoms with Crippen LogP contribution in [-0.4, -0.2) is 25.9 Å². The van der Waals surface area contributed by atoms with Crippen LogP contribution in [0.25, 0.3) is 0 Å². The molecule has 0 saturated heterocycles. The van der Waals surface area contributed by atoms with Crippen LogP contribution in [0.1, 0.15) is 0 Å². The molecule has 0 spiro atoms. The van der Waals surface area contributed by atoms with Crippen molar-refractivity contribution in [3.8, 4) is 0 Å². The highest BCUT2D eigenvalue weighted by Crippen LogP contribution is 2.17. The van der Waals surface area contributed by atoms with Gasteiger partial charge < -0.3 is 9.15 Å². The summed E-state index contributed by atoms with van der Waals surface area (Å²) in [6.07, 6.45) is -4.36. The molecule has 0 aliphatic carbocycles. The summed E-state index contributed by atoms with van der Waals surface area (Å²) in [5.74, 6) is 0.113. The van der Waals surface area contributed by atoms with Crippen LogP contribution in [-0.2, 0) is 4.74 Å². The first-order valence-electron chi connectivity index (χ1n) is 3.91. The van der Waals surface area contributed by atoms with E-state index in [0.29, 0.717) is 0 Å². The predicted molar refractivity (Wildman–Crippen MR) is 44.5 cm³/mol. The van der Waals surface area contributed by atoms with Crippen molar-refractivity contribution in [3.05, 3.63) is 18.4 Å². The molecule has 0 N–H and O–H groups in total. The van der Waals surface area contributed by atoms with Crippen LogP contribution in [0.3, 0.4) is 0 Å². The molecule has 0 atom stereocenters. The van der Waals surface area contributed by atoms with E-state index < -0.39 is 18.9 Å². The molecule has 1 rings (SSSR count). The largest absolute Gasteiger partial charge is 0.448 e. The number of alkyl halides is 3. The highest BCUT2D eigenvalue weighted by molar-refractivity contribution is 5.85. The van der Waals surface area contributed by atoms with E-state index >= 15 is 0 Å². The molecule has 0 radical (unpaired) electrons. The van der Waals surface area contributed by atoms with Crippen molar-refractivity contribution in [3.63, 3.8) is 0 Å². The Bertz CT molecular complexity index is 320. The van der Waals surface area contributed by atoms with Crippen molar-refractivity contribution in [2.24, 2.45) is 0 Å². The van der Waals surface area contributed by atoms with Gasteiger partial charge in [-0.3, -0.25) is 4.90 Å². The van der Waals surface area contributed by atoms with E-state index in [0.717, 1.165) is 4.90 Å². The van der Waals surface area contributed by atoms with Gasteiger partial charge in [0.05, 0.1) is 6.26 Å². The van der Waals surface area contributed by atoms with Gasteiger partial charge in [-0.15, -0.1) is 0 Å². The van der Waals surface area contributed by atoms with Crippen molar-refractivity contribution in [1.29, 1.82) is 0 Å². The molecular formula is C8H8F3NO3. The van der Waals surface area contributed by atoms with Gasteiger partial charge in [0.25, 0.3) is 0 Å². The van der Waals surface area contributed by atoms with Crippen LogP contribution in [0.5, 0.6) is 0 Å². The Hall–Kier alpha value is -1.66. The summed E-state index contributed by atoms with van der Waals surface area (Å²) in [4.78, 5) is 11.9. The first-order chi connectivity index (χ1) is 6.90. The molecule has 0 aliphatic rings. The van der Waals surface area contributed by atoms with E-state index in [9.17, 15) is 18.0 Å². The molecule has 7 heteroatoms. The lowest BCUT2D eigenvalue weighted by molar-refractivity contribution is -0.159. The Balaban J connectivity index is 2.48. The average molecular weight is 223 g/mol. The lowest BCUT2D eigenvalue weighted by Crippen LogP contribution is -2.30. The van der Waals surface area contributed by atoms with Crippen molar-refractivity contribution in [1.82, 2.24) is 0 Å². The van der Waals surface area contributed by atoms with Crippen LogP contribution < -0.4 is 4.90 Å². The molecule has 0 aliphatic heterocycles. The van der Waals surface area contributed by atoms with Crippen LogP contribution in [0, 0.1) is 0 Å². The van der Waals surface area contributed by atoms with Crippen LogP contribution in [0.2, 0.25) is 0 Å². The normalized spacial score (nSPS) is 11.2. The quantitative estimate of drug-likeness (QED) is 0.773. The molecule has 0 fully saturated rings. The number of furan rings is 1. The zero-order valence-corrected chi connectivity index (χ0v) is 7.75. The topological polar surface area (TPSA) is 42.7 Å². The van der Waals surface area contributed by atoms with E-state index in [1.54, 1.807) is 0 Å². The van der Waals surface area contributed by atoms with Crippen molar-refractivity contribution >= 4 is 12.0 Å². The van der Waals surface area contributed by atoms with Crippen LogP contribution >= 0.6 is 0 Å². The van der Waals surface area contributed by atoms with Crippen molar-refractivity contribution < 1.29 is 27.1 Å². The maximum absolute atomic E-state index is 11.7. The molecule has 1 amide bonds. The summed E-state index contributed by atoms with van der Waals surface area (Å²) in [6.45, 7) is -1.61. The second-order valence-corrected chi connectivity index (χ2v) is 2.68. The van der Waals surface area contributed by atoms with Gasteiger partial charge in [-0.25, -0.2) is 4.79 Å². The number of anilines is 1. The SMILES string of the molecule is CN(C(=O)OCC(F)(F)F)c1ccco1. The number of hydrogen-bond donors (Lipinski definition) is 0. The fourth-order valence-corrected chi connectivity index (χ4v) is 0.791. The molecule has 15 heavy (non-hydrogen) atoms. The second kappa shape index (κ2) is 4.24. The van der Waals surface area contributed by atoms with E-state index in [1.807, 2.05) is 0 Å². The molecule has 0 aromatic carbocycles. The first kappa shape index (κ1) is 11.4. The average Bonchev–Trinajstić information content (AvgIpc) is 2.64. The smallest absolute Gasteiger partial charge is 0.422 e. The Morgan fingerprint density at radius 3 is 2.73 bits per heavy atom. The number of halogens is 3. The van der Waals surface area contributed by atoms with Gasteiger partial charge in [0, 0.05) is 13.1 Å². The third-order valence-corrected chi connectivity index (χ3v) is 1.47. The zero-order chi connectivity index (χ0) is 11.5. The van der Waals surface area contributed by atoms with Gasteiger partial charge in [0.1, 0.15) is 0 Å². The highest BCUT2D eigenvalue weighted by Gasteiger charge is 2.30. The molecule has 1 aromatic heterocycles. The van der Waals surface area contributed by atoms with E-state index in [4.69, 9.17) is 4.42 Å². The lowest BCUT2D eigenvalue weighted by atomic mass is 10.6. The third-order valence-electron chi connectivity index (χ3n) is 1.47. The number of amides is 1. The van der Waals surface area contributed by atoms with E-state index in [-0.39, 0.29) is 5.88 Å². The lowest BCUT2D eigenvalue weighted by Gasteiger charge is -2.14. The van der Waals surface area contributed by atoms with Gasteiger partial charge in [0.15, 0.2) is 6.61 Å². The maximum atomic E-state index is 11.7. The number of hydrogen-bond acceptors (Lipinski definition) is 3. The van der Waals surface area contributed by atoms with Gasteiger partial charge in [-0.05, 0) is 6.07 Å². The van der Waals surface area contributed by atoms with Crippen molar-refractivity contribution in [2.45, 2.75) is 6.18 Å². The first-order valence-corrected chi connectivity index (χ1v) is 3.91. The molecule has 0 unspecified atom stereocenters. The Morgan fingerprint density at radius 2 is 2.27 bits per heavy atom. The molecule has 0 bridgehead atoms. The molecule has 0 saturated carbocycles.